The van der Waals surface area contributed by atoms with E-state index < -0.39 is 43.0 Å². The van der Waals surface area contributed by atoms with Crippen LogP contribution >= 0.6 is 0 Å². The van der Waals surface area contributed by atoms with Gasteiger partial charge in [-0.1, -0.05) is 0 Å². The predicted molar refractivity (Wildman–Crippen MR) is 50.0 cm³/mol. The van der Waals surface area contributed by atoms with Crippen molar-refractivity contribution >= 4 is 0 Å². The molecule has 0 aliphatic carbocycles. The van der Waals surface area contributed by atoms with Crippen LogP contribution in [0.25, 0.3) is 0 Å². The molecule has 16 heavy (non-hydrogen) atoms. The molecule has 6 unspecified atom stereocenters. The fraction of sp³-hybridized carbons (Fsp3) is 1.00. The van der Waals surface area contributed by atoms with Crippen LogP contribution in [0.2, 0.25) is 0 Å². The van der Waals surface area contributed by atoms with Crippen molar-refractivity contribution in [1.29, 1.82) is 0 Å². The van der Waals surface area contributed by atoms with Crippen LogP contribution in [0.5, 0.6) is 0 Å². The van der Waals surface area contributed by atoms with Gasteiger partial charge in [0.25, 0.3) is 0 Å². The Morgan fingerprint density at radius 3 is 1.88 bits per heavy atom. The predicted octanol–water partition coefficient (Wildman–Crippen LogP) is -4.31. The Balaban J connectivity index is 2.48. The van der Waals surface area contributed by atoms with Crippen LogP contribution < -0.4 is 5.32 Å². The van der Waals surface area contributed by atoms with Crippen LogP contribution in [0.4, 0.5) is 0 Å². The number of ether oxygens (including phenoxy) is 1. The van der Waals surface area contributed by atoms with E-state index in [1.807, 2.05) is 0 Å². The third kappa shape index (κ3) is 2.87. The minimum atomic E-state index is -1.77. The number of hydrogen-bond acceptors (Lipinski definition) is 8. The van der Waals surface area contributed by atoms with Crippen molar-refractivity contribution in [2.75, 3.05) is 7.05 Å². The summed E-state index contributed by atoms with van der Waals surface area (Å²) in [5.41, 5.74) is 0. The summed E-state index contributed by atoms with van der Waals surface area (Å²) in [5, 5.41) is 57.8. The van der Waals surface area contributed by atoms with Crippen LogP contribution in [0.1, 0.15) is 0 Å². The SMILES string of the molecule is CNC(O)C(O)C(O)C(O)[C@@H](O)C1OC1O. The van der Waals surface area contributed by atoms with Gasteiger partial charge in [-0.3, -0.25) is 5.32 Å². The van der Waals surface area contributed by atoms with Crippen molar-refractivity contribution in [3.05, 3.63) is 0 Å². The zero-order chi connectivity index (χ0) is 12.5. The van der Waals surface area contributed by atoms with E-state index in [1.54, 1.807) is 0 Å². The van der Waals surface area contributed by atoms with Gasteiger partial charge in [0.15, 0.2) is 6.29 Å². The first kappa shape index (κ1) is 13.7. The van der Waals surface area contributed by atoms with Crippen LogP contribution in [0, 0.1) is 0 Å². The van der Waals surface area contributed by atoms with Gasteiger partial charge < -0.3 is 35.4 Å². The summed E-state index contributed by atoms with van der Waals surface area (Å²) in [6.07, 6.45) is -10.3. The smallest absolute Gasteiger partial charge is 0.184 e. The number of rotatable bonds is 6. The van der Waals surface area contributed by atoms with Crippen LogP contribution in [-0.4, -0.2) is 80.7 Å². The number of aliphatic hydroxyl groups excluding tert-OH is 6. The molecule has 1 heterocycles. The zero-order valence-corrected chi connectivity index (χ0v) is 8.63. The maximum Gasteiger partial charge on any atom is 0.184 e. The summed E-state index contributed by atoms with van der Waals surface area (Å²) in [6, 6.07) is 0. The van der Waals surface area contributed by atoms with E-state index in [0.29, 0.717) is 0 Å². The Bertz CT molecular complexity index is 214. The Morgan fingerprint density at radius 1 is 1.00 bits per heavy atom. The van der Waals surface area contributed by atoms with Gasteiger partial charge in [0.1, 0.15) is 36.7 Å². The fourth-order valence-electron chi connectivity index (χ4n) is 1.32. The highest BCUT2D eigenvalue weighted by Crippen LogP contribution is 2.26. The van der Waals surface area contributed by atoms with Crippen molar-refractivity contribution in [2.45, 2.75) is 43.0 Å². The van der Waals surface area contributed by atoms with Crippen LogP contribution in [0.15, 0.2) is 0 Å². The summed E-state index contributed by atoms with van der Waals surface area (Å²) in [5.74, 6) is 0. The highest BCUT2D eigenvalue weighted by atomic mass is 16.7. The molecule has 1 aliphatic heterocycles. The lowest BCUT2D eigenvalue weighted by Crippen LogP contribution is -2.53. The van der Waals surface area contributed by atoms with Gasteiger partial charge in [0.05, 0.1) is 0 Å². The molecule has 1 aliphatic rings. The number of likely N-dealkylation sites (N-methyl/N-ethyl adjacent to an activating group) is 1. The number of nitrogens with one attached hydrogen (secondary N) is 1. The molecule has 8 heteroatoms. The second-order valence-electron chi connectivity index (χ2n) is 3.69. The molecule has 1 fully saturated rings. The third-order valence-corrected chi connectivity index (χ3v) is 2.51. The van der Waals surface area contributed by atoms with E-state index in [4.69, 9.17) is 10.2 Å². The molecular weight excluding hydrogens is 222 g/mol. The maximum atomic E-state index is 9.44. The van der Waals surface area contributed by atoms with Gasteiger partial charge >= 0.3 is 0 Å². The molecule has 0 saturated carbocycles. The molecule has 0 spiro atoms. The van der Waals surface area contributed by atoms with Gasteiger partial charge in [-0.05, 0) is 7.05 Å². The maximum absolute atomic E-state index is 9.44. The van der Waals surface area contributed by atoms with Crippen molar-refractivity contribution in [3.63, 3.8) is 0 Å². The molecule has 0 radical (unpaired) electrons. The fourth-order valence-corrected chi connectivity index (χ4v) is 1.32. The molecule has 0 aromatic rings. The van der Waals surface area contributed by atoms with E-state index in [2.05, 4.69) is 10.1 Å². The van der Waals surface area contributed by atoms with Crippen LogP contribution in [0.3, 0.4) is 0 Å². The van der Waals surface area contributed by atoms with Gasteiger partial charge in [0, 0.05) is 0 Å². The first-order chi connectivity index (χ1) is 7.40. The van der Waals surface area contributed by atoms with Gasteiger partial charge in [0.2, 0.25) is 0 Å². The largest absolute Gasteiger partial charge is 0.387 e. The van der Waals surface area contributed by atoms with E-state index in [1.165, 1.54) is 7.05 Å². The molecule has 1 saturated heterocycles. The number of epoxide rings is 1. The molecule has 0 aromatic carbocycles. The Kier molecular flexibility index (Phi) is 4.59. The lowest BCUT2D eigenvalue weighted by Gasteiger charge is -2.28. The number of hydrogen-bond donors (Lipinski definition) is 7. The van der Waals surface area contributed by atoms with E-state index in [-0.39, 0.29) is 0 Å². The lowest BCUT2D eigenvalue weighted by molar-refractivity contribution is -0.141. The van der Waals surface area contributed by atoms with Crippen molar-refractivity contribution < 1.29 is 35.4 Å². The highest BCUT2D eigenvalue weighted by Gasteiger charge is 2.49. The summed E-state index contributed by atoms with van der Waals surface area (Å²) in [6.45, 7) is 0. The highest BCUT2D eigenvalue weighted by molar-refractivity contribution is 4.93. The Labute approximate surface area is 91.7 Å². The van der Waals surface area contributed by atoms with Crippen molar-refractivity contribution in [2.24, 2.45) is 0 Å². The summed E-state index contributed by atoms with van der Waals surface area (Å²) < 4.78 is 4.49. The number of aliphatic hydroxyl groups is 6. The van der Waals surface area contributed by atoms with E-state index in [9.17, 15) is 20.4 Å². The average Bonchev–Trinajstić information content (AvgIpc) is 3.01. The third-order valence-electron chi connectivity index (χ3n) is 2.51. The first-order valence-electron chi connectivity index (χ1n) is 4.81. The molecule has 1 rings (SSSR count). The average molecular weight is 239 g/mol. The Morgan fingerprint density at radius 2 is 1.50 bits per heavy atom. The van der Waals surface area contributed by atoms with Crippen LogP contribution in [-0.2, 0) is 4.74 Å². The van der Waals surface area contributed by atoms with Crippen molar-refractivity contribution in [1.82, 2.24) is 5.32 Å². The second kappa shape index (κ2) is 5.34. The Hall–Kier alpha value is -0.320. The summed E-state index contributed by atoms with van der Waals surface area (Å²) in [7, 11) is 1.34. The molecule has 96 valence electrons. The molecule has 8 nitrogen and oxygen atoms in total. The van der Waals surface area contributed by atoms with E-state index in [0.717, 1.165) is 0 Å². The molecule has 0 aromatic heterocycles. The second-order valence-corrected chi connectivity index (χ2v) is 3.69. The standard InChI is InChI=1S/C8H17NO7/c1-9-7(14)5(13)3(11)2(10)4(12)6-8(15)16-6/h2-15H,1H3/t2?,3?,4-,5?,6?,7?,8?/m1/s1. The molecule has 7 N–H and O–H groups in total. The first-order valence-corrected chi connectivity index (χ1v) is 4.81. The van der Waals surface area contributed by atoms with Gasteiger partial charge in [-0.25, -0.2) is 0 Å². The minimum absolute atomic E-state index is 0.983. The summed E-state index contributed by atoms with van der Waals surface area (Å²) in [4.78, 5) is 0. The normalized spacial score (nSPS) is 33.9. The van der Waals surface area contributed by atoms with Gasteiger partial charge in [-0.15, -0.1) is 0 Å². The lowest BCUT2D eigenvalue weighted by atomic mass is 10.00. The minimum Gasteiger partial charge on any atom is -0.387 e. The quantitative estimate of drug-likeness (QED) is 0.182. The van der Waals surface area contributed by atoms with Gasteiger partial charge in [-0.2, -0.15) is 0 Å². The van der Waals surface area contributed by atoms with Crippen molar-refractivity contribution in [3.8, 4) is 0 Å². The molecular formula is C8H17NO7. The summed E-state index contributed by atoms with van der Waals surface area (Å²) >= 11 is 0. The molecule has 0 bridgehead atoms. The monoisotopic (exact) mass is 239 g/mol. The topological polar surface area (TPSA) is 146 Å². The van der Waals surface area contributed by atoms with E-state index >= 15 is 0 Å². The molecule has 0 amide bonds. The molecule has 7 atom stereocenters. The zero-order valence-electron chi connectivity index (χ0n) is 8.63.